The molecule has 0 saturated heterocycles. The Balaban J connectivity index is 0.00000261. The molecule has 2 aromatic carbocycles. The minimum atomic E-state index is -0.620. The van der Waals surface area contributed by atoms with Gasteiger partial charge < -0.3 is 20.1 Å². The summed E-state index contributed by atoms with van der Waals surface area (Å²) in [5.41, 5.74) is 3.64. The summed E-state index contributed by atoms with van der Waals surface area (Å²) in [7, 11) is 0. The Morgan fingerprint density at radius 3 is 2.70 bits per heavy atom. The number of guanidine groups is 1. The topological polar surface area (TPSA) is 57.1 Å². The van der Waals surface area contributed by atoms with E-state index in [2.05, 4.69) is 40.3 Å². The first-order valence-electron chi connectivity index (χ1n) is 9.21. The van der Waals surface area contributed by atoms with E-state index in [4.69, 9.17) is 4.74 Å². The fourth-order valence-corrected chi connectivity index (χ4v) is 3.08. The summed E-state index contributed by atoms with van der Waals surface area (Å²) in [4.78, 5) is 6.81. The molecule has 1 aliphatic rings. The second-order valence-corrected chi connectivity index (χ2v) is 6.38. The Kier molecular flexibility index (Phi) is 9.03. The monoisotopic (exact) mass is 481 g/mol. The minimum absolute atomic E-state index is 0. The van der Waals surface area contributed by atoms with Crippen LogP contribution in [0.4, 0.5) is 5.69 Å². The maximum Gasteiger partial charge on any atom is 0.198 e. The van der Waals surface area contributed by atoms with Crippen LogP contribution in [0.15, 0.2) is 59.6 Å². The van der Waals surface area contributed by atoms with Crippen molar-refractivity contribution in [3.8, 4) is 0 Å². The van der Waals surface area contributed by atoms with Gasteiger partial charge in [-0.25, -0.2) is 0 Å². The number of nitrogens with zero attached hydrogens (tertiary/aromatic N) is 2. The molecule has 2 aromatic rings. The number of hydrogen-bond donors (Lipinski definition) is 2. The summed E-state index contributed by atoms with van der Waals surface area (Å²) in [6, 6.07) is 18.4. The number of halogens is 1. The molecule has 0 fully saturated rings. The van der Waals surface area contributed by atoms with Gasteiger partial charge in [-0.1, -0.05) is 48.5 Å². The van der Waals surface area contributed by atoms with Crippen LogP contribution in [0, 0.1) is 0 Å². The van der Waals surface area contributed by atoms with Gasteiger partial charge in [-0.2, -0.15) is 0 Å². The summed E-state index contributed by atoms with van der Waals surface area (Å²) >= 11 is 0. The molecule has 0 aromatic heterocycles. The average Bonchev–Trinajstić information content (AvgIpc) is 3.10. The molecule has 0 aliphatic carbocycles. The molecule has 1 unspecified atom stereocenters. The van der Waals surface area contributed by atoms with E-state index in [0.717, 1.165) is 31.0 Å². The van der Waals surface area contributed by atoms with Gasteiger partial charge in [0.25, 0.3) is 0 Å². The fourth-order valence-electron chi connectivity index (χ4n) is 3.08. The Labute approximate surface area is 178 Å². The molecule has 6 heteroatoms. The van der Waals surface area contributed by atoms with Crippen LogP contribution in [0.1, 0.15) is 18.1 Å². The van der Waals surface area contributed by atoms with E-state index in [1.165, 1.54) is 11.3 Å². The van der Waals surface area contributed by atoms with Gasteiger partial charge in [0, 0.05) is 18.8 Å². The largest absolute Gasteiger partial charge is 0.389 e. The van der Waals surface area contributed by atoms with Gasteiger partial charge in [0.05, 0.1) is 25.9 Å². The van der Waals surface area contributed by atoms with Gasteiger partial charge in [0.2, 0.25) is 0 Å². The lowest BCUT2D eigenvalue weighted by atomic mass is 10.2. The van der Waals surface area contributed by atoms with Crippen molar-refractivity contribution < 1.29 is 9.84 Å². The molecule has 146 valence electrons. The second-order valence-electron chi connectivity index (χ2n) is 6.38. The normalized spacial score (nSPS) is 14.4. The van der Waals surface area contributed by atoms with Crippen LogP contribution in [0.5, 0.6) is 0 Å². The molecule has 3 rings (SSSR count). The van der Waals surface area contributed by atoms with Crippen molar-refractivity contribution >= 4 is 35.6 Å². The van der Waals surface area contributed by atoms with Crippen molar-refractivity contribution in [2.75, 3.05) is 31.1 Å². The minimum Gasteiger partial charge on any atom is -0.389 e. The molecule has 0 amide bonds. The van der Waals surface area contributed by atoms with E-state index < -0.39 is 6.10 Å². The third kappa shape index (κ3) is 6.19. The van der Waals surface area contributed by atoms with E-state index in [1.54, 1.807) is 0 Å². The highest BCUT2D eigenvalue weighted by atomic mass is 127. The zero-order chi connectivity index (χ0) is 18.2. The van der Waals surface area contributed by atoms with Crippen molar-refractivity contribution in [3.63, 3.8) is 0 Å². The molecule has 0 spiro atoms. The van der Waals surface area contributed by atoms with Crippen LogP contribution in [-0.2, 0) is 17.8 Å². The van der Waals surface area contributed by atoms with Crippen LogP contribution in [-0.4, -0.2) is 43.4 Å². The zero-order valence-electron chi connectivity index (χ0n) is 15.7. The van der Waals surface area contributed by atoms with Crippen molar-refractivity contribution in [1.29, 1.82) is 0 Å². The number of benzene rings is 2. The van der Waals surface area contributed by atoms with Crippen LogP contribution >= 0.6 is 24.0 Å². The van der Waals surface area contributed by atoms with Crippen LogP contribution in [0.2, 0.25) is 0 Å². The number of hydrogen-bond acceptors (Lipinski definition) is 3. The van der Waals surface area contributed by atoms with Gasteiger partial charge in [-0.15, -0.1) is 24.0 Å². The molecule has 27 heavy (non-hydrogen) atoms. The molecule has 1 heterocycles. The Morgan fingerprint density at radius 2 is 1.93 bits per heavy atom. The number of aliphatic imine (C=N–C) groups is 1. The smallest absolute Gasteiger partial charge is 0.198 e. The summed E-state index contributed by atoms with van der Waals surface area (Å²) < 4.78 is 5.60. The van der Waals surface area contributed by atoms with Gasteiger partial charge in [-0.05, 0) is 30.5 Å². The van der Waals surface area contributed by atoms with E-state index in [9.17, 15) is 5.11 Å². The maximum atomic E-state index is 10.2. The quantitative estimate of drug-likeness (QED) is 0.363. The predicted octanol–water partition coefficient (Wildman–Crippen LogP) is 3.21. The maximum absolute atomic E-state index is 10.2. The fraction of sp³-hybridized carbons (Fsp3) is 0.381. The van der Waals surface area contributed by atoms with Crippen LogP contribution < -0.4 is 10.2 Å². The summed E-state index contributed by atoms with van der Waals surface area (Å²) in [5.74, 6) is 0.819. The number of aliphatic hydroxyl groups excluding tert-OH is 1. The van der Waals surface area contributed by atoms with Crippen molar-refractivity contribution in [3.05, 3.63) is 65.7 Å². The van der Waals surface area contributed by atoms with Gasteiger partial charge >= 0.3 is 0 Å². The summed E-state index contributed by atoms with van der Waals surface area (Å²) in [5, 5.41) is 13.5. The molecule has 0 radical (unpaired) electrons. The van der Waals surface area contributed by atoms with E-state index in [-0.39, 0.29) is 30.6 Å². The molecule has 2 N–H and O–H groups in total. The highest BCUT2D eigenvalue weighted by Gasteiger charge is 2.22. The first-order chi connectivity index (χ1) is 12.8. The molecule has 0 bridgehead atoms. The number of aliphatic hydroxyl groups is 1. The Hall–Kier alpha value is -1.64. The van der Waals surface area contributed by atoms with Gasteiger partial charge in [0.1, 0.15) is 0 Å². The molecular formula is C21H28IN3O2. The lowest BCUT2D eigenvalue weighted by molar-refractivity contribution is 0.0331. The van der Waals surface area contributed by atoms with Crippen LogP contribution in [0.25, 0.3) is 0 Å². The first-order valence-corrected chi connectivity index (χ1v) is 9.21. The first kappa shape index (κ1) is 21.7. The number of fused-ring (bicyclic) bond motifs is 1. The standard InChI is InChI=1S/C21H27N3O2.HI/c1-2-22-21(24-13-12-18-10-6-7-11-20(18)24)23-14-19(25)16-26-15-17-8-4-3-5-9-17;/h3-11,19,25H,2,12-16H2,1H3,(H,22,23);1H. The van der Waals surface area contributed by atoms with E-state index >= 15 is 0 Å². The Bertz CT molecular complexity index is 724. The van der Waals surface area contributed by atoms with E-state index in [0.29, 0.717) is 13.2 Å². The molecule has 1 atom stereocenters. The number of rotatable bonds is 7. The van der Waals surface area contributed by atoms with Crippen molar-refractivity contribution in [2.24, 2.45) is 4.99 Å². The molecule has 5 nitrogen and oxygen atoms in total. The predicted molar refractivity (Wildman–Crippen MR) is 121 cm³/mol. The number of para-hydroxylation sites is 1. The highest BCUT2D eigenvalue weighted by Crippen LogP contribution is 2.27. The van der Waals surface area contributed by atoms with Gasteiger partial charge in [0.15, 0.2) is 5.96 Å². The molecule has 0 saturated carbocycles. The SMILES string of the molecule is CCNC(=NCC(O)COCc1ccccc1)N1CCc2ccccc21.I. The number of anilines is 1. The highest BCUT2D eigenvalue weighted by molar-refractivity contribution is 14.0. The van der Waals surface area contributed by atoms with E-state index in [1.807, 2.05) is 36.4 Å². The summed E-state index contributed by atoms with van der Waals surface area (Å²) in [6.07, 6.45) is 0.397. The Morgan fingerprint density at radius 1 is 1.19 bits per heavy atom. The molecular weight excluding hydrogens is 453 g/mol. The second kappa shape index (κ2) is 11.3. The van der Waals surface area contributed by atoms with Crippen molar-refractivity contribution in [1.82, 2.24) is 5.32 Å². The third-order valence-corrected chi connectivity index (χ3v) is 4.35. The summed E-state index contributed by atoms with van der Waals surface area (Å²) in [6.45, 7) is 4.84. The van der Waals surface area contributed by atoms with Gasteiger partial charge in [-0.3, -0.25) is 4.99 Å². The number of ether oxygens (including phenoxy) is 1. The number of nitrogens with one attached hydrogen (secondary N) is 1. The average molecular weight is 481 g/mol. The lowest BCUT2D eigenvalue weighted by Gasteiger charge is -2.22. The molecule has 1 aliphatic heterocycles. The zero-order valence-corrected chi connectivity index (χ0v) is 18.0. The van der Waals surface area contributed by atoms with Crippen LogP contribution in [0.3, 0.4) is 0 Å². The third-order valence-electron chi connectivity index (χ3n) is 4.35. The van der Waals surface area contributed by atoms with Crippen molar-refractivity contribution in [2.45, 2.75) is 26.1 Å². The lowest BCUT2D eigenvalue weighted by Crippen LogP contribution is -2.41.